The van der Waals surface area contributed by atoms with Crippen molar-refractivity contribution in [1.82, 2.24) is 4.90 Å². The number of β-amino-alcohol motifs (C(OH)–C–C–N with tert-alkyl or cyclic N) is 1. The van der Waals surface area contributed by atoms with Crippen LogP contribution in [0.15, 0.2) is 24.3 Å². The van der Waals surface area contributed by atoms with E-state index in [-0.39, 0.29) is 17.8 Å². The Morgan fingerprint density at radius 1 is 1.44 bits per heavy atom. The van der Waals surface area contributed by atoms with Gasteiger partial charge in [0.2, 0.25) is 0 Å². The Hall–Kier alpha value is -0.900. The van der Waals surface area contributed by atoms with E-state index in [0.29, 0.717) is 5.02 Å². The number of hydrogen-bond acceptors (Lipinski definition) is 3. The van der Waals surface area contributed by atoms with E-state index in [1.807, 2.05) is 24.3 Å². The summed E-state index contributed by atoms with van der Waals surface area (Å²) in [5.74, 6) is 0.110. The van der Waals surface area contributed by atoms with Gasteiger partial charge in [-0.3, -0.25) is 9.69 Å². The number of carbonyl (C=O) groups excluding carboxylic acids is 1. The van der Waals surface area contributed by atoms with Gasteiger partial charge in [0.05, 0.1) is 6.10 Å². The third kappa shape index (κ3) is 3.31. The van der Waals surface area contributed by atoms with E-state index in [0.717, 1.165) is 31.6 Å². The zero-order valence-corrected chi connectivity index (χ0v) is 11.2. The van der Waals surface area contributed by atoms with Crippen LogP contribution in [0.5, 0.6) is 0 Å². The molecule has 4 heteroatoms. The van der Waals surface area contributed by atoms with Gasteiger partial charge in [0.1, 0.15) is 5.78 Å². The molecule has 3 nitrogen and oxygen atoms in total. The molecule has 1 unspecified atom stereocenters. The van der Waals surface area contributed by atoms with Crippen molar-refractivity contribution in [2.24, 2.45) is 0 Å². The molecule has 0 spiro atoms. The third-order valence-corrected chi connectivity index (χ3v) is 3.69. The van der Waals surface area contributed by atoms with Crippen LogP contribution < -0.4 is 0 Å². The Morgan fingerprint density at radius 3 is 2.56 bits per heavy atom. The lowest BCUT2D eigenvalue weighted by Crippen LogP contribution is -2.51. The fourth-order valence-corrected chi connectivity index (χ4v) is 2.46. The van der Waals surface area contributed by atoms with E-state index in [2.05, 4.69) is 4.90 Å². The molecule has 0 aromatic heterocycles. The average Bonchev–Trinajstić information content (AvgIpc) is 2.28. The molecule has 1 atom stereocenters. The van der Waals surface area contributed by atoms with Crippen molar-refractivity contribution >= 4 is 17.4 Å². The van der Waals surface area contributed by atoms with Gasteiger partial charge in [-0.05, 0) is 37.6 Å². The lowest BCUT2D eigenvalue weighted by molar-refractivity contribution is -0.118. The summed E-state index contributed by atoms with van der Waals surface area (Å²) in [4.78, 5) is 13.9. The first kappa shape index (κ1) is 13.5. The first-order valence-corrected chi connectivity index (χ1v) is 6.60. The molecular weight excluding hydrogens is 250 g/mol. The molecule has 18 heavy (non-hydrogen) atoms. The van der Waals surface area contributed by atoms with Crippen LogP contribution in [0, 0.1) is 0 Å². The lowest BCUT2D eigenvalue weighted by Gasteiger charge is -2.36. The number of halogens is 1. The van der Waals surface area contributed by atoms with Crippen LogP contribution in [-0.4, -0.2) is 41.5 Å². The first-order valence-electron chi connectivity index (χ1n) is 6.22. The van der Waals surface area contributed by atoms with Crippen LogP contribution in [0.3, 0.4) is 0 Å². The molecule has 1 aliphatic rings. The third-order valence-electron chi connectivity index (χ3n) is 3.43. The summed E-state index contributed by atoms with van der Waals surface area (Å²) >= 11 is 5.85. The van der Waals surface area contributed by atoms with Crippen molar-refractivity contribution in [3.05, 3.63) is 34.9 Å². The summed E-state index contributed by atoms with van der Waals surface area (Å²) in [6, 6.07) is 7.47. The van der Waals surface area contributed by atoms with Crippen molar-refractivity contribution in [2.75, 3.05) is 19.6 Å². The quantitative estimate of drug-likeness (QED) is 0.888. The van der Waals surface area contributed by atoms with Gasteiger partial charge < -0.3 is 5.11 Å². The second-order valence-corrected chi connectivity index (χ2v) is 5.35. The molecule has 1 aliphatic heterocycles. The summed E-state index contributed by atoms with van der Waals surface area (Å²) in [5.41, 5.74) is 1.02. The summed E-state index contributed by atoms with van der Waals surface area (Å²) in [6.07, 6.45) is 0.611. The molecule has 98 valence electrons. The van der Waals surface area contributed by atoms with E-state index in [1.165, 1.54) is 0 Å². The van der Waals surface area contributed by atoms with Gasteiger partial charge in [-0.15, -0.1) is 0 Å². The van der Waals surface area contributed by atoms with Crippen LogP contribution in [-0.2, 0) is 4.79 Å². The molecule has 0 aliphatic carbocycles. The number of likely N-dealkylation sites (tertiary alicyclic amines) is 1. The highest BCUT2D eigenvalue weighted by molar-refractivity contribution is 6.30. The van der Waals surface area contributed by atoms with Gasteiger partial charge in [0.15, 0.2) is 0 Å². The number of aliphatic hydroxyl groups excluding tert-OH is 1. The molecule has 1 N–H and O–H groups in total. The molecule has 2 rings (SSSR count). The highest BCUT2D eigenvalue weighted by Gasteiger charge is 2.25. The number of hydrogen-bond donors (Lipinski definition) is 1. The number of nitrogens with zero attached hydrogens (tertiary/aromatic N) is 1. The Balaban J connectivity index is 1.95. The van der Waals surface area contributed by atoms with Crippen molar-refractivity contribution in [2.45, 2.75) is 25.4 Å². The van der Waals surface area contributed by atoms with Crippen LogP contribution >= 0.6 is 11.6 Å². The molecular formula is C14H18ClNO2. The molecule has 0 radical (unpaired) electrons. The molecule has 1 aromatic carbocycles. The van der Waals surface area contributed by atoms with Gasteiger partial charge in [-0.1, -0.05) is 23.7 Å². The fourth-order valence-electron chi connectivity index (χ4n) is 2.34. The summed E-state index contributed by atoms with van der Waals surface area (Å²) in [6.45, 7) is 3.94. The fraction of sp³-hybridized carbons (Fsp3) is 0.500. The molecule has 0 bridgehead atoms. The van der Waals surface area contributed by atoms with Gasteiger partial charge in [0.25, 0.3) is 0 Å². The Kier molecular flexibility index (Phi) is 4.38. The van der Waals surface area contributed by atoms with Crippen molar-refractivity contribution in [1.29, 1.82) is 0 Å². The smallest absolute Gasteiger partial charge is 0.137 e. The zero-order valence-electron chi connectivity index (χ0n) is 10.5. The van der Waals surface area contributed by atoms with Gasteiger partial charge >= 0.3 is 0 Å². The number of aliphatic hydroxyl groups is 1. The number of Topliss-reactive ketones (excluding diaryl/α,β-unsaturated/α-hetero) is 1. The maximum Gasteiger partial charge on any atom is 0.137 e. The monoisotopic (exact) mass is 267 g/mol. The van der Waals surface area contributed by atoms with E-state index in [4.69, 9.17) is 11.6 Å². The van der Waals surface area contributed by atoms with E-state index >= 15 is 0 Å². The number of benzene rings is 1. The van der Waals surface area contributed by atoms with Crippen LogP contribution in [0.2, 0.25) is 5.02 Å². The average molecular weight is 268 g/mol. The zero-order chi connectivity index (χ0) is 13.1. The predicted molar refractivity (Wildman–Crippen MR) is 71.9 cm³/mol. The molecule has 1 heterocycles. The minimum Gasteiger partial charge on any atom is -0.390 e. The topological polar surface area (TPSA) is 40.5 Å². The van der Waals surface area contributed by atoms with Crippen molar-refractivity contribution < 1.29 is 9.90 Å². The van der Waals surface area contributed by atoms with Crippen molar-refractivity contribution in [3.8, 4) is 0 Å². The largest absolute Gasteiger partial charge is 0.390 e. The Morgan fingerprint density at radius 2 is 2.06 bits per heavy atom. The molecule has 0 amide bonds. The molecule has 1 saturated heterocycles. The highest BCUT2D eigenvalue weighted by Crippen LogP contribution is 2.24. The first-order chi connectivity index (χ1) is 8.56. The minimum absolute atomic E-state index is 0.0694. The van der Waals surface area contributed by atoms with Crippen LogP contribution in [0.4, 0.5) is 0 Å². The van der Waals surface area contributed by atoms with Gasteiger partial charge in [0, 0.05) is 24.0 Å². The van der Waals surface area contributed by atoms with Crippen LogP contribution in [0.25, 0.3) is 0 Å². The molecule has 0 saturated carbocycles. The SMILES string of the molecule is CC(=O)C(CCN1CC(O)C1)c1ccc(Cl)cc1. The number of ketones is 1. The normalized spacial score (nSPS) is 18.4. The van der Waals surface area contributed by atoms with Crippen molar-refractivity contribution in [3.63, 3.8) is 0 Å². The Labute approximate surface area is 112 Å². The van der Waals surface area contributed by atoms with E-state index in [1.54, 1.807) is 6.92 Å². The predicted octanol–water partition coefficient (Wildman–Crippen LogP) is 2.08. The Bertz CT molecular complexity index is 412. The lowest BCUT2D eigenvalue weighted by atomic mass is 9.91. The van der Waals surface area contributed by atoms with E-state index in [9.17, 15) is 9.90 Å². The maximum atomic E-state index is 11.7. The summed E-state index contributed by atoms with van der Waals surface area (Å²) in [7, 11) is 0. The number of rotatable bonds is 5. The molecule has 1 aromatic rings. The van der Waals surface area contributed by atoms with Gasteiger partial charge in [-0.2, -0.15) is 0 Å². The minimum atomic E-state index is -0.184. The standard InChI is InChI=1S/C14H18ClNO2/c1-10(17)14(6-7-16-8-13(18)9-16)11-2-4-12(15)5-3-11/h2-5,13-14,18H,6-9H2,1H3. The molecule has 1 fully saturated rings. The van der Waals surface area contributed by atoms with E-state index < -0.39 is 0 Å². The summed E-state index contributed by atoms with van der Waals surface area (Å²) < 4.78 is 0. The number of carbonyl (C=O) groups is 1. The maximum absolute atomic E-state index is 11.7. The van der Waals surface area contributed by atoms with Crippen LogP contribution in [0.1, 0.15) is 24.8 Å². The summed E-state index contributed by atoms with van der Waals surface area (Å²) in [5, 5.41) is 9.90. The highest BCUT2D eigenvalue weighted by atomic mass is 35.5. The van der Waals surface area contributed by atoms with Gasteiger partial charge in [-0.25, -0.2) is 0 Å². The second kappa shape index (κ2) is 5.83. The second-order valence-electron chi connectivity index (χ2n) is 4.92.